The number of benzene rings is 1. The molecule has 0 saturated carbocycles. The summed E-state index contributed by atoms with van der Waals surface area (Å²) in [7, 11) is 0. The van der Waals surface area contributed by atoms with E-state index in [1.165, 1.54) is 12.1 Å². The highest BCUT2D eigenvalue weighted by Gasteiger charge is 2.31. The quantitative estimate of drug-likeness (QED) is 0.414. The summed E-state index contributed by atoms with van der Waals surface area (Å²) in [6.07, 6.45) is 0. The fourth-order valence-electron chi connectivity index (χ4n) is 1.45. The van der Waals surface area contributed by atoms with Crippen molar-refractivity contribution in [1.82, 2.24) is 0 Å². The standard InChI is InChI=1S/C10H5ClO4/c1-4-2-6-7(3-5(4)8(11)12)10(14)15-9(6)13/h2-3H,1H3. The van der Waals surface area contributed by atoms with Crippen LogP contribution in [0.2, 0.25) is 0 Å². The topological polar surface area (TPSA) is 60.4 Å². The first-order chi connectivity index (χ1) is 7.00. The van der Waals surface area contributed by atoms with Gasteiger partial charge in [-0.15, -0.1) is 0 Å². The first kappa shape index (κ1) is 9.86. The molecule has 76 valence electrons. The number of halogens is 1. The smallest absolute Gasteiger partial charge is 0.346 e. The molecule has 0 fully saturated rings. The molecule has 1 aromatic carbocycles. The Labute approximate surface area is 89.8 Å². The number of carbonyl (C=O) groups excluding carboxylic acids is 3. The molecule has 1 aromatic rings. The molecule has 0 saturated heterocycles. The van der Waals surface area contributed by atoms with Crippen molar-refractivity contribution in [1.29, 1.82) is 0 Å². The maximum absolute atomic E-state index is 11.2. The first-order valence-electron chi connectivity index (χ1n) is 4.11. The number of rotatable bonds is 1. The third-order valence-corrected chi connectivity index (χ3v) is 2.41. The van der Waals surface area contributed by atoms with Crippen LogP contribution in [0.15, 0.2) is 12.1 Å². The molecular weight excluding hydrogens is 220 g/mol. The maximum atomic E-state index is 11.2. The Hall–Kier alpha value is -1.68. The van der Waals surface area contributed by atoms with Crippen LogP contribution in [0.4, 0.5) is 0 Å². The zero-order valence-corrected chi connectivity index (χ0v) is 8.42. The second-order valence-electron chi connectivity index (χ2n) is 3.16. The molecule has 0 bridgehead atoms. The number of hydrogen-bond donors (Lipinski definition) is 0. The van der Waals surface area contributed by atoms with Crippen LogP contribution in [-0.4, -0.2) is 17.2 Å². The second-order valence-corrected chi connectivity index (χ2v) is 3.51. The van der Waals surface area contributed by atoms with Gasteiger partial charge in [0, 0.05) is 5.56 Å². The fourth-order valence-corrected chi connectivity index (χ4v) is 1.66. The van der Waals surface area contributed by atoms with Crippen molar-refractivity contribution in [3.63, 3.8) is 0 Å². The minimum absolute atomic E-state index is 0.0922. The first-order valence-corrected chi connectivity index (χ1v) is 4.49. The Morgan fingerprint density at radius 3 is 2.27 bits per heavy atom. The Morgan fingerprint density at radius 2 is 1.73 bits per heavy atom. The lowest BCUT2D eigenvalue weighted by Crippen LogP contribution is -2.00. The van der Waals surface area contributed by atoms with Crippen LogP contribution in [0.25, 0.3) is 0 Å². The van der Waals surface area contributed by atoms with Crippen molar-refractivity contribution < 1.29 is 19.1 Å². The largest absolute Gasteiger partial charge is 0.386 e. The van der Waals surface area contributed by atoms with E-state index in [2.05, 4.69) is 4.74 Å². The van der Waals surface area contributed by atoms with Crippen LogP contribution in [0, 0.1) is 6.92 Å². The summed E-state index contributed by atoms with van der Waals surface area (Å²) >= 11 is 5.32. The van der Waals surface area contributed by atoms with Crippen molar-refractivity contribution in [2.45, 2.75) is 6.92 Å². The molecule has 0 spiro atoms. The maximum Gasteiger partial charge on any atom is 0.346 e. The number of cyclic esters (lactones) is 2. The van der Waals surface area contributed by atoms with Gasteiger partial charge in [-0.2, -0.15) is 0 Å². The molecule has 15 heavy (non-hydrogen) atoms. The van der Waals surface area contributed by atoms with Gasteiger partial charge in [0.2, 0.25) is 0 Å². The predicted molar refractivity (Wildman–Crippen MR) is 51.1 cm³/mol. The molecule has 4 nitrogen and oxygen atoms in total. The number of aryl methyl sites for hydroxylation is 1. The Kier molecular flexibility index (Phi) is 2.08. The molecule has 1 aliphatic heterocycles. The monoisotopic (exact) mass is 224 g/mol. The second kappa shape index (κ2) is 3.17. The summed E-state index contributed by atoms with van der Waals surface area (Å²) < 4.78 is 4.39. The third-order valence-electron chi connectivity index (χ3n) is 2.20. The molecular formula is C10H5ClO4. The van der Waals surface area contributed by atoms with E-state index in [1.54, 1.807) is 6.92 Å². The van der Waals surface area contributed by atoms with Gasteiger partial charge in [-0.05, 0) is 36.2 Å². The SMILES string of the molecule is Cc1cc2c(cc1C(=O)Cl)C(=O)OC2=O. The van der Waals surface area contributed by atoms with Crippen LogP contribution in [-0.2, 0) is 4.74 Å². The highest BCUT2D eigenvalue weighted by Crippen LogP contribution is 2.24. The lowest BCUT2D eigenvalue weighted by Gasteiger charge is -2.01. The van der Waals surface area contributed by atoms with E-state index in [0.29, 0.717) is 5.56 Å². The van der Waals surface area contributed by atoms with Crippen LogP contribution in [0.3, 0.4) is 0 Å². The zero-order valence-electron chi connectivity index (χ0n) is 7.67. The molecule has 0 N–H and O–H groups in total. The molecule has 2 rings (SSSR count). The molecule has 0 atom stereocenters. The van der Waals surface area contributed by atoms with Crippen molar-refractivity contribution in [3.05, 3.63) is 34.4 Å². The number of fused-ring (bicyclic) bond motifs is 1. The van der Waals surface area contributed by atoms with Crippen molar-refractivity contribution in [3.8, 4) is 0 Å². The number of carbonyl (C=O) groups is 3. The molecule has 0 radical (unpaired) electrons. The van der Waals surface area contributed by atoms with Gasteiger partial charge in [0.05, 0.1) is 11.1 Å². The lowest BCUT2D eigenvalue weighted by atomic mass is 10.0. The highest BCUT2D eigenvalue weighted by molar-refractivity contribution is 6.68. The molecule has 1 aliphatic rings. The predicted octanol–water partition coefficient (Wildman–Crippen LogP) is 1.68. The van der Waals surface area contributed by atoms with E-state index >= 15 is 0 Å². The Morgan fingerprint density at radius 1 is 1.20 bits per heavy atom. The van der Waals surface area contributed by atoms with Crippen LogP contribution < -0.4 is 0 Å². The highest BCUT2D eigenvalue weighted by atomic mass is 35.5. The summed E-state index contributed by atoms with van der Waals surface area (Å²) in [6.45, 7) is 1.63. The van der Waals surface area contributed by atoms with Crippen LogP contribution in [0.5, 0.6) is 0 Å². The molecule has 0 aliphatic carbocycles. The van der Waals surface area contributed by atoms with E-state index in [0.717, 1.165) is 0 Å². The molecule has 5 heteroatoms. The number of esters is 2. The number of hydrogen-bond acceptors (Lipinski definition) is 4. The minimum atomic E-state index is -0.742. The number of ether oxygens (including phenoxy) is 1. The van der Waals surface area contributed by atoms with Gasteiger partial charge >= 0.3 is 11.9 Å². The van der Waals surface area contributed by atoms with E-state index in [1.807, 2.05) is 0 Å². The van der Waals surface area contributed by atoms with Gasteiger partial charge in [-0.25, -0.2) is 9.59 Å². The minimum Gasteiger partial charge on any atom is -0.386 e. The zero-order chi connectivity index (χ0) is 11.2. The van der Waals surface area contributed by atoms with E-state index in [4.69, 9.17) is 11.6 Å². The summed E-state index contributed by atoms with van der Waals surface area (Å²) in [6, 6.07) is 2.71. The molecule has 0 aromatic heterocycles. The van der Waals surface area contributed by atoms with Crippen LogP contribution in [0.1, 0.15) is 36.6 Å². The van der Waals surface area contributed by atoms with Crippen LogP contribution >= 0.6 is 11.6 Å². The van der Waals surface area contributed by atoms with Crippen molar-refractivity contribution in [2.24, 2.45) is 0 Å². The van der Waals surface area contributed by atoms with Gasteiger partial charge in [-0.3, -0.25) is 4.79 Å². The van der Waals surface area contributed by atoms with Gasteiger partial charge in [-0.1, -0.05) is 0 Å². The van der Waals surface area contributed by atoms with E-state index < -0.39 is 17.2 Å². The summed E-state index contributed by atoms with van der Waals surface area (Å²) in [5.74, 6) is -1.43. The van der Waals surface area contributed by atoms with E-state index in [-0.39, 0.29) is 16.7 Å². The molecule has 0 unspecified atom stereocenters. The van der Waals surface area contributed by atoms with Gasteiger partial charge in [0.15, 0.2) is 0 Å². The molecule has 0 amide bonds. The average molecular weight is 225 g/mol. The average Bonchev–Trinajstić information content (AvgIpc) is 2.41. The van der Waals surface area contributed by atoms with Gasteiger partial charge in [0.25, 0.3) is 5.24 Å². The summed E-state index contributed by atoms with van der Waals surface area (Å²) in [4.78, 5) is 33.3. The van der Waals surface area contributed by atoms with Gasteiger partial charge in [0.1, 0.15) is 0 Å². The Balaban J connectivity index is 2.70. The van der Waals surface area contributed by atoms with E-state index in [9.17, 15) is 14.4 Å². The summed E-state index contributed by atoms with van der Waals surface area (Å²) in [5.41, 5.74) is 1.02. The Bertz CT molecular complexity index is 504. The lowest BCUT2D eigenvalue weighted by molar-refractivity contribution is 0.0443. The van der Waals surface area contributed by atoms with Gasteiger partial charge < -0.3 is 4.74 Å². The third kappa shape index (κ3) is 1.43. The summed E-state index contributed by atoms with van der Waals surface area (Å²) in [5, 5.41) is -0.664. The van der Waals surface area contributed by atoms with Crippen molar-refractivity contribution in [2.75, 3.05) is 0 Å². The fraction of sp³-hybridized carbons (Fsp3) is 0.100. The normalized spacial score (nSPS) is 13.7. The molecule has 1 heterocycles. The van der Waals surface area contributed by atoms with Crippen molar-refractivity contribution >= 4 is 28.8 Å².